The summed E-state index contributed by atoms with van der Waals surface area (Å²) in [7, 11) is 1.33. The third-order valence-electron chi connectivity index (χ3n) is 5.50. The summed E-state index contributed by atoms with van der Waals surface area (Å²) < 4.78 is 4.94. The van der Waals surface area contributed by atoms with Crippen LogP contribution in [0.3, 0.4) is 0 Å². The van der Waals surface area contributed by atoms with E-state index in [0.29, 0.717) is 18.5 Å². The van der Waals surface area contributed by atoms with Crippen LogP contribution in [0.2, 0.25) is 0 Å². The normalized spacial score (nSPS) is 17.9. The molecule has 1 unspecified atom stereocenters. The fraction of sp³-hybridized carbons (Fsp3) is 0.333. The Labute approximate surface area is 168 Å². The number of quaternary nitrogens is 1. The number of anilines is 1. The lowest BCUT2D eigenvalue weighted by Crippen LogP contribution is -3.17. The fourth-order valence-electron chi connectivity index (χ4n) is 3.74. The van der Waals surface area contributed by atoms with Gasteiger partial charge >= 0.3 is 5.97 Å². The Morgan fingerprint density at radius 2 is 1.90 bits per heavy atom. The van der Waals surface area contributed by atoms with Crippen molar-refractivity contribution in [3.05, 3.63) is 68.8 Å². The highest BCUT2D eigenvalue weighted by atomic mass is 16.6. The van der Waals surface area contributed by atoms with E-state index in [2.05, 4.69) is 5.32 Å². The minimum Gasteiger partial charge on any atom is -0.465 e. The quantitative estimate of drug-likeness (QED) is 0.449. The molecule has 2 aromatic carbocycles. The fourth-order valence-corrected chi connectivity index (χ4v) is 3.74. The number of nitrogens with zero attached hydrogens (tertiary/aromatic N) is 1. The van der Waals surface area contributed by atoms with Crippen LogP contribution in [-0.2, 0) is 27.3 Å². The molecular formula is C21H24N3O5+. The maximum atomic E-state index is 12.8. The average molecular weight is 398 g/mol. The van der Waals surface area contributed by atoms with Crippen LogP contribution in [0.5, 0.6) is 0 Å². The van der Waals surface area contributed by atoms with E-state index in [0.717, 1.165) is 21.6 Å². The summed E-state index contributed by atoms with van der Waals surface area (Å²) >= 11 is 0. The van der Waals surface area contributed by atoms with Gasteiger partial charge in [0.15, 0.2) is 12.6 Å². The zero-order chi connectivity index (χ0) is 21.1. The Morgan fingerprint density at radius 3 is 2.55 bits per heavy atom. The molecule has 0 spiro atoms. The Hall–Kier alpha value is -3.26. The predicted molar refractivity (Wildman–Crippen MR) is 107 cm³/mol. The zero-order valence-corrected chi connectivity index (χ0v) is 16.7. The van der Waals surface area contributed by atoms with E-state index in [9.17, 15) is 19.7 Å². The van der Waals surface area contributed by atoms with Gasteiger partial charge in [-0.15, -0.1) is 0 Å². The first kappa shape index (κ1) is 20.5. The summed E-state index contributed by atoms with van der Waals surface area (Å²) in [4.78, 5) is 36.7. The van der Waals surface area contributed by atoms with Crippen molar-refractivity contribution < 1.29 is 24.1 Å². The minimum atomic E-state index is -0.511. The first-order chi connectivity index (χ1) is 13.8. The number of nitro groups is 1. The molecular weight excluding hydrogens is 374 g/mol. The van der Waals surface area contributed by atoms with Crippen LogP contribution >= 0.6 is 0 Å². The summed E-state index contributed by atoms with van der Waals surface area (Å²) in [6, 6.07) is 10.3. The summed E-state index contributed by atoms with van der Waals surface area (Å²) in [6.45, 7) is 4.06. The summed E-state index contributed by atoms with van der Waals surface area (Å²) in [5.74, 6) is -0.759. The van der Waals surface area contributed by atoms with Crippen molar-refractivity contribution in [2.75, 3.05) is 19.0 Å². The Bertz CT molecular complexity index is 973. The largest absolute Gasteiger partial charge is 0.465 e. The van der Waals surface area contributed by atoms with Crippen molar-refractivity contribution in [2.24, 2.45) is 0 Å². The molecule has 0 saturated carbocycles. The monoisotopic (exact) mass is 398 g/mol. The van der Waals surface area contributed by atoms with Gasteiger partial charge in [-0.25, -0.2) is 4.79 Å². The number of carbonyl (C=O) groups is 2. The first-order valence-corrected chi connectivity index (χ1v) is 9.35. The van der Waals surface area contributed by atoms with E-state index in [-0.39, 0.29) is 29.8 Å². The SMILES string of the molecule is COC(=O)[C@@H]1Cc2ccccc2C[NH+]1CC(=O)Nc1c([N+](=O)[O-])ccc(C)c1C. The molecule has 2 aromatic rings. The summed E-state index contributed by atoms with van der Waals surface area (Å²) in [6.07, 6.45) is 0.481. The van der Waals surface area contributed by atoms with Gasteiger partial charge in [-0.1, -0.05) is 30.3 Å². The van der Waals surface area contributed by atoms with Crippen molar-refractivity contribution in [1.82, 2.24) is 0 Å². The van der Waals surface area contributed by atoms with Gasteiger partial charge in [0, 0.05) is 18.1 Å². The third kappa shape index (κ3) is 4.27. The molecule has 0 aliphatic carbocycles. The highest BCUT2D eigenvalue weighted by molar-refractivity contribution is 5.95. The van der Waals surface area contributed by atoms with Gasteiger partial charge in [-0.2, -0.15) is 0 Å². The zero-order valence-electron chi connectivity index (χ0n) is 16.7. The lowest BCUT2D eigenvalue weighted by atomic mass is 9.94. The molecule has 8 heteroatoms. The maximum Gasteiger partial charge on any atom is 0.365 e. The second kappa shape index (κ2) is 8.40. The number of nitrogens with one attached hydrogen (secondary N) is 2. The summed E-state index contributed by atoms with van der Waals surface area (Å²) in [5, 5.41) is 14.1. The molecule has 1 aliphatic heterocycles. The maximum absolute atomic E-state index is 12.8. The van der Waals surface area contributed by atoms with E-state index in [4.69, 9.17) is 4.74 Å². The molecule has 1 heterocycles. The highest BCUT2D eigenvalue weighted by Gasteiger charge is 2.37. The molecule has 152 valence electrons. The van der Waals surface area contributed by atoms with Crippen LogP contribution < -0.4 is 10.2 Å². The van der Waals surface area contributed by atoms with E-state index in [1.807, 2.05) is 31.2 Å². The number of carbonyl (C=O) groups excluding carboxylic acids is 2. The van der Waals surface area contributed by atoms with Gasteiger partial charge in [0.2, 0.25) is 0 Å². The Kier molecular flexibility index (Phi) is 5.93. The van der Waals surface area contributed by atoms with Gasteiger partial charge in [0.1, 0.15) is 12.2 Å². The molecule has 0 fully saturated rings. The van der Waals surface area contributed by atoms with E-state index in [1.165, 1.54) is 13.2 Å². The highest BCUT2D eigenvalue weighted by Crippen LogP contribution is 2.30. The average Bonchev–Trinajstić information content (AvgIpc) is 2.70. The van der Waals surface area contributed by atoms with Crippen molar-refractivity contribution in [3.8, 4) is 0 Å². The lowest BCUT2D eigenvalue weighted by Gasteiger charge is -2.31. The number of fused-ring (bicyclic) bond motifs is 1. The van der Waals surface area contributed by atoms with Crippen LogP contribution in [-0.4, -0.2) is 36.5 Å². The molecule has 29 heavy (non-hydrogen) atoms. The number of nitro benzene ring substituents is 1. The molecule has 3 rings (SSSR count). The number of benzene rings is 2. The van der Waals surface area contributed by atoms with Gasteiger partial charge in [-0.05, 0) is 30.5 Å². The van der Waals surface area contributed by atoms with Gasteiger partial charge in [-0.3, -0.25) is 14.9 Å². The number of methoxy groups -OCH3 is 1. The molecule has 0 radical (unpaired) electrons. The predicted octanol–water partition coefficient (Wildman–Crippen LogP) is 1.33. The molecule has 0 bridgehead atoms. The molecule has 0 aromatic heterocycles. The van der Waals surface area contributed by atoms with Crippen molar-refractivity contribution in [2.45, 2.75) is 32.9 Å². The van der Waals surface area contributed by atoms with Crippen LogP contribution in [0.1, 0.15) is 22.3 Å². The Morgan fingerprint density at radius 1 is 1.21 bits per heavy atom. The van der Waals surface area contributed by atoms with Crippen LogP contribution in [0.15, 0.2) is 36.4 Å². The number of amides is 1. The summed E-state index contributed by atoms with van der Waals surface area (Å²) in [5.41, 5.74) is 3.69. The van der Waals surface area contributed by atoms with Gasteiger partial charge in [0.05, 0.1) is 12.0 Å². The molecule has 1 amide bonds. The topological polar surface area (TPSA) is 103 Å². The van der Waals surface area contributed by atoms with Crippen LogP contribution in [0.25, 0.3) is 0 Å². The van der Waals surface area contributed by atoms with Crippen LogP contribution in [0, 0.1) is 24.0 Å². The van der Waals surface area contributed by atoms with Crippen molar-refractivity contribution in [1.29, 1.82) is 0 Å². The standard InChI is InChI=1S/C21H23N3O5/c1-13-8-9-17(24(27)28)20(14(13)2)22-19(25)12-23-11-16-7-5-4-6-15(16)10-18(23)21(26)29-3/h4-9,18H,10-12H2,1-3H3,(H,22,25)/p+1/t18-/m0/s1. The van der Waals surface area contributed by atoms with Gasteiger partial charge in [0.25, 0.3) is 11.6 Å². The smallest absolute Gasteiger partial charge is 0.365 e. The van der Waals surface area contributed by atoms with E-state index < -0.39 is 11.0 Å². The molecule has 1 aliphatic rings. The number of esters is 1. The second-order valence-electron chi connectivity index (χ2n) is 7.27. The van der Waals surface area contributed by atoms with Gasteiger partial charge < -0.3 is 15.0 Å². The van der Waals surface area contributed by atoms with E-state index in [1.54, 1.807) is 13.0 Å². The number of rotatable bonds is 5. The molecule has 0 saturated heterocycles. The van der Waals surface area contributed by atoms with Crippen LogP contribution in [0.4, 0.5) is 11.4 Å². The number of hydrogen-bond donors (Lipinski definition) is 2. The van der Waals surface area contributed by atoms with E-state index >= 15 is 0 Å². The minimum absolute atomic E-state index is 0.00135. The first-order valence-electron chi connectivity index (χ1n) is 9.35. The molecule has 2 atom stereocenters. The van der Waals surface area contributed by atoms with Crippen molar-refractivity contribution in [3.63, 3.8) is 0 Å². The molecule has 2 N–H and O–H groups in total. The number of hydrogen-bond acceptors (Lipinski definition) is 5. The lowest BCUT2D eigenvalue weighted by molar-refractivity contribution is -0.924. The Balaban J connectivity index is 1.83. The van der Waals surface area contributed by atoms with Crippen molar-refractivity contribution >= 4 is 23.3 Å². The second-order valence-corrected chi connectivity index (χ2v) is 7.27. The third-order valence-corrected chi connectivity index (χ3v) is 5.50. The number of ether oxygens (including phenoxy) is 1. The molecule has 8 nitrogen and oxygen atoms in total. The number of aryl methyl sites for hydroxylation is 1.